The molecule has 8 heteroatoms. The fourth-order valence-electron chi connectivity index (χ4n) is 5.06. The van der Waals surface area contributed by atoms with Crippen LogP contribution in [0.2, 0.25) is 0 Å². The van der Waals surface area contributed by atoms with Crippen molar-refractivity contribution in [2.24, 2.45) is 0 Å². The van der Waals surface area contributed by atoms with Crippen molar-refractivity contribution in [2.75, 3.05) is 0 Å². The Morgan fingerprint density at radius 2 is 1.21 bits per heavy atom. The van der Waals surface area contributed by atoms with E-state index in [-0.39, 0.29) is 34.0 Å². The van der Waals surface area contributed by atoms with Crippen LogP contribution in [0.5, 0.6) is 0 Å². The van der Waals surface area contributed by atoms with E-state index in [1.807, 2.05) is 54.6 Å². The van der Waals surface area contributed by atoms with Gasteiger partial charge in [0.1, 0.15) is 12.1 Å². The average Bonchev–Trinajstić information content (AvgIpc) is 2.97. The maximum absolute atomic E-state index is 10.00. The minimum Gasteiger partial charge on any atom is -0.262 e. The summed E-state index contributed by atoms with van der Waals surface area (Å²) in [5, 5.41) is 34.5. The van der Waals surface area contributed by atoms with Crippen molar-refractivity contribution < 1.29 is 0 Å². The van der Waals surface area contributed by atoms with Crippen molar-refractivity contribution in [2.45, 2.75) is 0 Å². The van der Waals surface area contributed by atoms with E-state index < -0.39 is 0 Å². The van der Waals surface area contributed by atoms with E-state index in [9.17, 15) is 15.8 Å². The predicted octanol–water partition coefficient (Wildman–Crippen LogP) is 7.51. The Hall–Kier alpha value is -6.58. The van der Waals surface area contributed by atoms with Crippen LogP contribution >= 0.6 is 0 Å². The summed E-state index contributed by atoms with van der Waals surface area (Å²) >= 11 is 0. The van der Waals surface area contributed by atoms with E-state index in [2.05, 4.69) is 24.5 Å². The van der Waals surface area contributed by atoms with Crippen LogP contribution in [0.4, 0.5) is 17.1 Å². The van der Waals surface area contributed by atoms with Gasteiger partial charge in [0.05, 0.1) is 42.4 Å². The van der Waals surface area contributed by atoms with E-state index >= 15 is 0 Å². The average molecular weight is 480 g/mol. The predicted molar refractivity (Wildman–Crippen MR) is 142 cm³/mol. The standard InChI is InChI=1S/C30H8N8/c1-34-26-20-11-19-21(10-18(20)22(12-31)27(35-2)30(26)36-3)29-28(37-23(13-32)24(14-33)38-29)17-9-8-15-6-4-5-7-16(15)25(17)19/h4-11H. The molecule has 1 heterocycles. The van der Waals surface area contributed by atoms with Crippen LogP contribution in [0.15, 0.2) is 48.5 Å². The number of fused-ring (bicyclic) bond motifs is 9. The fourth-order valence-corrected chi connectivity index (χ4v) is 5.06. The highest BCUT2D eigenvalue weighted by Gasteiger charge is 2.23. The molecule has 1 aromatic heterocycles. The number of nitrogens with zero attached hydrogens (tertiary/aromatic N) is 8. The molecule has 8 nitrogen and oxygen atoms in total. The second-order valence-corrected chi connectivity index (χ2v) is 8.36. The zero-order valence-electron chi connectivity index (χ0n) is 19.2. The quantitative estimate of drug-likeness (QED) is 0.127. The molecular formula is C30H8N8. The molecule has 0 aliphatic rings. The Balaban J connectivity index is 2.03. The minimum absolute atomic E-state index is 0.000917. The number of aromatic nitrogens is 2. The first kappa shape index (κ1) is 21.9. The highest BCUT2D eigenvalue weighted by molar-refractivity contribution is 6.32. The fraction of sp³-hybridized carbons (Fsp3) is 0. The summed E-state index contributed by atoms with van der Waals surface area (Å²) in [4.78, 5) is 19.5. The van der Waals surface area contributed by atoms with Crippen molar-refractivity contribution in [1.82, 2.24) is 9.97 Å². The van der Waals surface area contributed by atoms with Gasteiger partial charge in [-0.15, -0.1) is 0 Å². The van der Waals surface area contributed by atoms with Gasteiger partial charge in [0.2, 0.25) is 11.4 Å². The molecule has 0 aliphatic carbocycles. The summed E-state index contributed by atoms with van der Waals surface area (Å²) in [7, 11) is 0. The van der Waals surface area contributed by atoms with E-state index in [0.717, 1.165) is 16.2 Å². The SMILES string of the molecule is [C-]#[N+]c1c([N+]#[C-])c([N+]#[C-])c2cc3c(cc2c1C#N)c1nc(C#N)c(C#N)nc1c1ccc2ccccc2c31. The lowest BCUT2D eigenvalue weighted by Crippen LogP contribution is -1.98. The maximum Gasteiger partial charge on any atom is 0.202 e. The number of rotatable bonds is 0. The van der Waals surface area contributed by atoms with Crippen molar-refractivity contribution in [3.8, 4) is 18.2 Å². The van der Waals surface area contributed by atoms with Crippen molar-refractivity contribution in [1.29, 1.82) is 15.8 Å². The molecular weight excluding hydrogens is 472 g/mol. The van der Waals surface area contributed by atoms with Gasteiger partial charge < -0.3 is 0 Å². The number of nitriles is 3. The largest absolute Gasteiger partial charge is 0.262 e. The highest BCUT2D eigenvalue weighted by Crippen LogP contribution is 2.49. The third-order valence-electron chi connectivity index (χ3n) is 6.63. The van der Waals surface area contributed by atoms with Gasteiger partial charge in [-0.1, -0.05) is 42.5 Å². The van der Waals surface area contributed by atoms with Crippen LogP contribution < -0.4 is 0 Å². The summed E-state index contributed by atoms with van der Waals surface area (Å²) < 4.78 is 0. The first-order valence-corrected chi connectivity index (χ1v) is 11.0. The molecule has 0 radical (unpaired) electrons. The molecule has 0 aliphatic heterocycles. The molecule has 0 saturated carbocycles. The van der Waals surface area contributed by atoms with Crippen LogP contribution in [0.1, 0.15) is 17.0 Å². The van der Waals surface area contributed by atoms with E-state index in [1.165, 1.54) is 0 Å². The van der Waals surface area contributed by atoms with Crippen LogP contribution in [-0.4, -0.2) is 9.97 Å². The molecule has 0 N–H and O–H groups in total. The number of hydrogen-bond acceptors (Lipinski definition) is 5. The monoisotopic (exact) mass is 480 g/mol. The molecule has 6 aromatic rings. The minimum atomic E-state index is -0.175. The van der Waals surface area contributed by atoms with Gasteiger partial charge in [-0.25, -0.2) is 9.97 Å². The summed E-state index contributed by atoms with van der Waals surface area (Å²) in [5.74, 6) is 0. The number of benzene rings is 5. The summed E-state index contributed by atoms with van der Waals surface area (Å²) in [6, 6.07) is 20.9. The lowest BCUT2D eigenvalue weighted by Gasteiger charge is -2.15. The van der Waals surface area contributed by atoms with Crippen LogP contribution in [0.3, 0.4) is 0 Å². The van der Waals surface area contributed by atoms with Crippen LogP contribution in [0, 0.1) is 53.7 Å². The Morgan fingerprint density at radius 1 is 0.579 bits per heavy atom. The van der Waals surface area contributed by atoms with Gasteiger partial charge in [-0.2, -0.15) is 15.8 Å². The van der Waals surface area contributed by atoms with Crippen LogP contribution in [-0.2, 0) is 0 Å². The summed E-state index contributed by atoms with van der Waals surface area (Å²) in [5.41, 5.74) is 0.202. The van der Waals surface area contributed by atoms with Gasteiger partial charge in [-0.3, -0.25) is 14.5 Å². The van der Waals surface area contributed by atoms with E-state index in [1.54, 1.807) is 12.1 Å². The molecule has 0 saturated heterocycles. The van der Waals surface area contributed by atoms with Gasteiger partial charge in [0, 0.05) is 10.8 Å². The first-order chi connectivity index (χ1) is 18.6. The highest BCUT2D eigenvalue weighted by atomic mass is 14.8. The second kappa shape index (κ2) is 7.99. The van der Waals surface area contributed by atoms with Crippen LogP contribution in [0.25, 0.3) is 68.7 Å². The Kier molecular flexibility index (Phi) is 4.61. The van der Waals surface area contributed by atoms with Gasteiger partial charge >= 0.3 is 0 Å². The Labute approximate surface area is 214 Å². The van der Waals surface area contributed by atoms with Crippen molar-refractivity contribution in [3.05, 3.63) is 99.7 Å². The molecule has 0 fully saturated rings. The normalized spacial score (nSPS) is 10.5. The maximum atomic E-state index is 10.00. The lowest BCUT2D eigenvalue weighted by molar-refractivity contribution is 1.21. The summed E-state index contributed by atoms with van der Waals surface area (Å²) in [6.07, 6.45) is 0. The molecule has 38 heavy (non-hydrogen) atoms. The van der Waals surface area contributed by atoms with E-state index in [4.69, 9.17) is 19.7 Å². The zero-order chi connectivity index (χ0) is 26.6. The van der Waals surface area contributed by atoms with Gasteiger partial charge in [0.15, 0.2) is 17.1 Å². The molecule has 0 bridgehead atoms. The first-order valence-electron chi connectivity index (χ1n) is 11.0. The van der Waals surface area contributed by atoms with Gasteiger partial charge in [0.25, 0.3) is 0 Å². The Morgan fingerprint density at radius 3 is 1.84 bits per heavy atom. The smallest absolute Gasteiger partial charge is 0.202 e. The van der Waals surface area contributed by atoms with E-state index in [0.29, 0.717) is 38.0 Å². The molecule has 0 unspecified atom stereocenters. The second-order valence-electron chi connectivity index (χ2n) is 8.36. The van der Waals surface area contributed by atoms with Crippen molar-refractivity contribution in [3.63, 3.8) is 0 Å². The topological polar surface area (TPSA) is 110 Å². The molecule has 0 spiro atoms. The third kappa shape index (κ3) is 2.72. The molecule has 0 atom stereocenters. The third-order valence-corrected chi connectivity index (χ3v) is 6.63. The zero-order valence-corrected chi connectivity index (χ0v) is 19.2. The molecule has 0 amide bonds. The molecule has 5 aromatic carbocycles. The van der Waals surface area contributed by atoms with Crippen molar-refractivity contribution >= 4 is 71.2 Å². The molecule has 6 rings (SSSR count). The van der Waals surface area contributed by atoms with Gasteiger partial charge in [-0.05, 0) is 38.4 Å². The lowest BCUT2D eigenvalue weighted by atomic mass is 9.90. The number of hydrogen-bond donors (Lipinski definition) is 0. The summed E-state index contributed by atoms with van der Waals surface area (Å²) in [6.45, 7) is 23.0. The molecule has 168 valence electrons. The Bertz CT molecular complexity index is 2360.